The van der Waals surface area contributed by atoms with E-state index < -0.39 is 30.2 Å². The zero-order valence-electron chi connectivity index (χ0n) is 15.0. The molecule has 0 unspecified atom stereocenters. The van der Waals surface area contributed by atoms with Crippen molar-refractivity contribution in [3.8, 4) is 5.75 Å². The summed E-state index contributed by atoms with van der Waals surface area (Å²) in [7, 11) is 0. The molecule has 0 bridgehead atoms. The van der Waals surface area contributed by atoms with Crippen LogP contribution in [0.3, 0.4) is 0 Å². The van der Waals surface area contributed by atoms with Gasteiger partial charge in [0.25, 0.3) is 0 Å². The molecule has 2 heterocycles. The van der Waals surface area contributed by atoms with Gasteiger partial charge in [-0.25, -0.2) is 9.18 Å². The molecule has 140 valence electrons. The molecule has 0 aliphatic carbocycles. The summed E-state index contributed by atoms with van der Waals surface area (Å²) >= 11 is 0. The maximum Gasteiger partial charge on any atom is 0.336 e. The number of hydrogen-bond donors (Lipinski definition) is 0. The first-order chi connectivity index (χ1) is 12.3. The second kappa shape index (κ2) is 7.07. The van der Waals surface area contributed by atoms with E-state index in [0.717, 1.165) is 10.9 Å². The van der Waals surface area contributed by atoms with Gasteiger partial charge in [0.2, 0.25) is 6.29 Å². The Hall–Kier alpha value is -2.41. The van der Waals surface area contributed by atoms with Crippen LogP contribution in [0.2, 0.25) is 0 Å². The zero-order chi connectivity index (χ0) is 19.0. The Kier molecular flexibility index (Phi) is 5.00. The highest BCUT2D eigenvalue weighted by molar-refractivity contribution is 5.81. The maximum absolute atomic E-state index is 14.8. The highest BCUT2D eigenvalue weighted by Crippen LogP contribution is 2.32. The standard InChI is InChI=1S/C19H21FO6/c1-9-7-16(22)26-15-8-13(5-6-14(9)15)25-19-17(20)18(24-12(4)21)10(2)11(3)23-19/h5-8,10-11,17-19H,1-4H3/t10-,11+,17+,18-,19+/m1/s1. The summed E-state index contributed by atoms with van der Waals surface area (Å²) in [5, 5.41) is 0.762. The van der Waals surface area contributed by atoms with Gasteiger partial charge in [-0.2, -0.15) is 0 Å². The number of rotatable bonds is 3. The maximum atomic E-state index is 14.8. The lowest BCUT2D eigenvalue weighted by atomic mass is 9.92. The lowest BCUT2D eigenvalue weighted by Crippen LogP contribution is -2.54. The Morgan fingerprint density at radius 2 is 1.96 bits per heavy atom. The predicted molar refractivity (Wildman–Crippen MR) is 91.8 cm³/mol. The number of hydrogen-bond acceptors (Lipinski definition) is 6. The predicted octanol–water partition coefficient (Wildman–Crippen LogP) is 3.13. The number of fused-ring (bicyclic) bond motifs is 1. The van der Waals surface area contributed by atoms with Crippen LogP contribution in [0.15, 0.2) is 33.5 Å². The van der Waals surface area contributed by atoms with Crippen LogP contribution in [0, 0.1) is 12.8 Å². The second-order valence-corrected chi connectivity index (χ2v) is 6.61. The molecule has 0 N–H and O–H groups in total. The minimum absolute atomic E-state index is 0.294. The molecule has 1 aromatic heterocycles. The second-order valence-electron chi connectivity index (χ2n) is 6.61. The Morgan fingerprint density at radius 3 is 2.65 bits per heavy atom. The summed E-state index contributed by atoms with van der Waals surface area (Å²) < 4.78 is 36.4. The minimum atomic E-state index is -1.65. The third-order valence-corrected chi connectivity index (χ3v) is 4.66. The van der Waals surface area contributed by atoms with Crippen LogP contribution >= 0.6 is 0 Å². The summed E-state index contributed by atoms with van der Waals surface area (Å²) in [5.74, 6) is -0.575. The minimum Gasteiger partial charge on any atom is -0.461 e. The van der Waals surface area contributed by atoms with Gasteiger partial charge in [-0.3, -0.25) is 4.79 Å². The Balaban J connectivity index is 1.86. The van der Waals surface area contributed by atoms with Crippen molar-refractivity contribution in [1.29, 1.82) is 0 Å². The summed E-state index contributed by atoms with van der Waals surface area (Å²) in [4.78, 5) is 22.8. The third-order valence-electron chi connectivity index (χ3n) is 4.66. The van der Waals surface area contributed by atoms with Crippen molar-refractivity contribution >= 4 is 16.9 Å². The number of carbonyl (C=O) groups excluding carboxylic acids is 1. The molecular weight excluding hydrogens is 343 g/mol. The van der Waals surface area contributed by atoms with Crippen LogP contribution in [0.5, 0.6) is 5.75 Å². The van der Waals surface area contributed by atoms with Gasteiger partial charge in [0.05, 0.1) is 6.10 Å². The molecule has 2 aromatic rings. The molecule has 3 rings (SSSR count). The normalized spacial score (nSPS) is 28.7. The fraction of sp³-hybridized carbons (Fsp3) is 0.474. The number of ether oxygens (including phenoxy) is 3. The smallest absolute Gasteiger partial charge is 0.336 e. The van der Waals surface area contributed by atoms with Crippen LogP contribution in [0.1, 0.15) is 26.3 Å². The van der Waals surface area contributed by atoms with E-state index in [0.29, 0.717) is 11.3 Å². The SMILES string of the molecule is CC(=O)O[C@@H]1[C@H](C)[C@H](C)O[C@@H](Oc2ccc3c(C)cc(=O)oc3c2)[C@H]1F. The zero-order valence-corrected chi connectivity index (χ0v) is 15.0. The van der Waals surface area contributed by atoms with Crippen molar-refractivity contribution in [2.75, 3.05) is 0 Å². The molecule has 1 aliphatic rings. The first kappa shape index (κ1) is 18.4. The van der Waals surface area contributed by atoms with E-state index in [-0.39, 0.29) is 12.0 Å². The van der Waals surface area contributed by atoms with Gasteiger partial charge in [0.15, 0.2) is 6.17 Å². The van der Waals surface area contributed by atoms with Gasteiger partial charge in [0, 0.05) is 30.4 Å². The van der Waals surface area contributed by atoms with Gasteiger partial charge in [0.1, 0.15) is 17.4 Å². The molecule has 6 nitrogen and oxygen atoms in total. The summed E-state index contributed by atoms with van der Waals surface area (Å²) in [5.41, 5.74) is 0.649. The number of benzene rings is 1. The fourth-order valence-electron chi connectivity index (χ4n) is 3.09. The van der Waals surface area contributed by atoms with Crippen LogP contribution in [-0.4, -0.2) is 30.6 Å². The Bertz CT molecular complexity index is 876. The first-order valence-electron chi connectivity index (χ1n) is 8.44. The van der Waals surface area contributed by atoms with Gasteiger partial charge < -0.3 is 18.6 Å². The van der Waals surface area contributed by atoms with E-state index in [2.05, 4.69) is 0 Å². The average molecular weight is 364 g/mol. The van der Waals surface area contributed by atoms with Crippen molar-refractivity contribution in [2.24, 2.45) is 5.92 Å². The summed E-state index contributed by atoms with van der Waals surface area (Å²) in [6.45, 7) is 6.57. The summed E-state index contributed by atoms with van der Waals surface area (Å²) in [6.07, 6.45) is -4.20. The Morgan fingerprint density at radius 1 is 1.23 bits per heavy atom. The molecule has 0 radical (unpaired) electrons. The van der Waals surface area contributed by atoms with E-state index in [1.165, 1.54) is 19.1 Å². The fourth-order valence-corrected chi connectivity index (χ4v) is 3.09. The lowest BCUT2D eigenvalue weighted by molar-refractivity contribution is -0.239. The topological polar surface area (TPSA) is 75.0 Å². The third kappa shape index (κ3) is 3.58. The van der Waals surface area contributed by atoms with Gasteiger partial charge >= 0.3 is 11.6 Å². The molecule has 1 fully saturated rings. The van der Waals surface area contributed by atoms with Crippen molar-refractivity contribution in [3.05, 3.63) is 40.2 Å². The first-order valence-corrected chi connectivity index (χ1v) is 8.44. The van der Waals surface area contributed by atoms with Gasteiger partial charge in [-0.05, 0) is 31.5 Å². The van der Waals surface area contributed by atoms with E-state index in [4.69, 9.17) is 18.6 Å². The van der Waals surface area contributed by atoms with E-state index in [9.17, 15) is 14.0 Å². The number of esters is 1. The van der Waals surface area contributed by atoms with Gasteiger partial charge in [-0.1, -0.05) is 6.92 Å². The Labute approximate surface area is 149 Å². The van der Waals surface area contributed by atoms with E-state index in [1.807, 2.05) is 0 Å². The average Bonchev–Trinajstić information content (AvgIpc) is 2.56. The molecule has 1 saturated heterocycles. The molecular formula is C19H21FO6. The van der Waals surface area contributed by atoms with Crippen LogP contribution < -0.4 is 10.4 Å². The van der Waals surface area contributed by atoms with Crippen molar-refractivity contribution in [2.45, 2.75) is 52.4 Å². The van der Waals surface area contributed by atoms with Crippen molar-refractivity contribution in [1.82, 2.24) is 0 Å². The monoisotopic (exact) mass is 364 g/mol. The highest BCUT2D eigenvalue weighted by Gasteiger charge is 2.46. The molecule has 1 aromatic carbocycles. The molecule has 1 aliphatic heterocycles. The molecule has 5 atom stereocenters. The quantitative estimate of drug-likeness (QED) is 0.615. The number of alkyl halides is 1. The number of halogens is 1. The van der Waals surface area contributed by atoms with E-state index >= 15 is 0 Å². The molecule has 0 spiro atoms. The van der Waals surface area contributed by atoms with Gasteiger partial charge in [-0.15, -0.1) is 0 Å². The largest absolute Gasteiger partial charge is 0.461 e. The summed E-state index contributed by atoms with van der Waals surface area (Å²) in [6, 6.07) is 6.30. The lowest BCUT2D eigenvalue weighted by Gasteiger charge is -2.40. The molecule has 0 saturated carbocycles. The number of carbonyl (C=O) groups is 1. The van der Waals surface area contributed by atoms with Crippen LogP contribution in [0.25, 0.3) is 11.0 Å². The van der Waals surface area contributed by atoms with E-state index in [1.54, 1.807) is 32.9 Å². The molecule has 26 heavy (non-hydrogen) atoms. The highest BCUT2D eigenvalue weighted by atomic mass is 19.1. The number of aryl methyl sites for hydroxylation is 1. The van der Waals surface area contributed by atoms with Crippen molar-refractivity contribution in [3.63, 3.8) is 0 Å². The van der Waals surface area contributed by atoms with Crippen LogP contribution in [0.4, 0.5) is 4.39 Å². The van der Waals surface area contributed by atoms with Crippen LogP contribution in [-0.2, 0) is 14.3 Å². The molecule has 0 amide bonds. The molecule has 7 heteroatoms. The van der Waals surface area contributed by atoms with Crippen molar-refractivity contribution < 1.29 is 27.8 Å².